The topological polar surface area (TPSA) is 95.0 Å². The molecule has 0 bridgehead atoms. The summed E-state index contributed by atoms with van der Waals surface area (Å²) >= 11 is 1.46. The Morgan fingerprint density at radius 2 is 2.04 bits per heavy atom. The van der Waals surface area contributed by atoms with Gasteiger partial charge in [0, 0.05) is 24.0 Å². The van der Waals surface area contributed by atoms with Crippen LogP contribution in [-0.2, 0) is 19.6 Å². The zero-order valence-electron chi connectivity index (χ0n) is 13.7. The molecular weight excluding hydrogens is 352 g/mol. The predicted molar refractivity (Wildman–Crippen MR) is 91.5 cm³/mol. The number of carbonyl (C=O) groups excluding carboxylic acids is 1. The number of sulfonamides is 1. The first kappa shape index (κ1) is 18.9. The zero-order valence-corrected chi connectivity index (χ0v) is 15.3. The molecule has 0 aliphatic carbocycles. The van der Waals surface area contributed by atoms with E-state index in [2.05, 4.69) is 0 Å². The lowest BCUT2D eigenvalue weighted by atomic mass is 10.0. The molecule has 1 fully saturated rings. The molecule has 134 valence electrons. The summed E-state index contributed by atoms with van der Waals surface area (Å²) in [5.41, 5.74) is 0. The van der Waals surface area contributed by atoms with E-state index in [0.717, 1.165) is 11.1 Å². The lowest BCUT2D eigenvalue weighted by molar-refractivity contribution is -0.147. The van der Waals surface area contributed by atoms with Gasteiger partial charge in [0.15, 0.2) is 0 Å². The Balaban J connectivity index is 2.11. The van der Waals surface area contributed by atoms with E-state index >= 15 is 0 Å². The van der Waals surface area contributed by atoms with Gasteiger partial charge in [-0.15, -0.1) is 11.3 Å². The second-order valence-corrected chi connectivity index (χ2v) is 8.95. The van der Waals surface area contributed by atoms with E-state index in [4.69, 9.17) is 5.11 Å². The first-order valence-electron chi connectivity index (χ1n) is 7.71. The third-order valence-electron chi connectivity index (χ3n) is 4.26. The average Bonchev–Trinajstić information content (AvgIpc) is 3.04. The van der Waals surface area contributed by atoms with Crippen LogP contribution in [0, 0.1) is 0 Å². The smallest absolute Gasteiger partial charge is 0.323 e. The molecule has 1 amide bonds. The minimum absolute atomic E-state index is 0.224. The van der Waals surface area contributed by atoms with Crippen molar-refractivity contribution in [2.45, 2.75) is 31.7 Å². The van der Waals surface area contributed by atoms with Gasteiger partial charge in [-0.2, -0.15) is 0 Å². The largest absolute Gasteiger partial charge is 0.480 e. The summed E-state index contributed by atoms with van der Waals surface area (Å²) in [5, 5.41) is 11.0. The van der Waals surface area contributed by atoms with Gasteiger partial charge in [-0.05, 0) is 31.2 Å². The SMILES string of the molecule is CC(C(=O)N(CC(=O)O)C1CCN(S(C)(=O)=O)CC1)c1cccs1. The number of rotatable bonds is 6. The van der Waals surface area contributed by atoms with Crippen LogP contribution < -0.4 is 0 Å². The summed E-state index contributed by atoms with van der Waals surface area (Å²) in [6, 6.07) is 3.46. The Bertz CT molecular complexity index is 679. The molecule has 0 saturated carbocycles. The highest BCUT2D eigenvalue weighted by atomic mass is 32.2. The molecule has 2 heterocycles. The van der Waals surface area contributed by atoms with Crippen molar-refractivity contribution in [2.75, 3.05) is 25.9 Å². The monoisotopic (exact) mass is 374 g/mol. The molecule has 2 rings (SSSR count). The molecule has 0 radical (unpaired) electrons. The van der Waals surface area contributed by atoms with Crippen molar-refractivity contribution >= 4 is 33.2 Å². The third-order valence-corrected chi connectivity index (χ3v) is 6.62. The lowest BCUT2D eigenvalue weighted by Gasteiger charge is -2.37. The van der Waals surface area contributed by atoms with Crippen molar-refractivity contribution in [3.8, 4) is 0 Å². The van der Waals surface area contributed by atoms with Crippen molar-refractivity contribution in [3.05, 3.63) is 22.4 Å². The van der Waals surface area contributed by atoms with Crippen LogP contribution in [0.2, 0.25) is 0 Å². The second-order valence-electron chi connectivity index (χ2n) is 5.99. The first-order chi connectivity index (χ1) is 11.2. The number of carbonyl (C=O) groups is 2. The van der Waals surface area contributed by atoms with E-state index in [9.17, 15) is 18.0 Å². The van der Waals surface area contributed by atoms with Gasteiger partial charge in [-0.1, -0.05) is 6.07 Å². The quantitative estimate of drug-likeness (QED) is 0.807. The zero-order chi connectivity index (χ0) is 17.9. The van der Waals surface area contributed by atoms with Gasteiger partial charge in [-0.25, -0.2) is 12.7 Å². The van der Waals surface area contributed by atoms with Gasteiger partial charge in [0.05, 0.1) is 12.2 Å². The summed E-state index contributed by atoms with van der Waals surface area (Å²) < 4.78 is 24.6. The fraction of sp³-hybridized carbons (Fsp3) is 0.600. The van der Waals surface area contributed by atoms with E-state index in [1.165, 1.54) is 20.5 Å². The Labute approximate surface area is 145 Å². The Morgan fingerprint density at radius 3 is 2.50 bits per heavy atom. The molecular formula is C15H22N2O5S2. The fourth-order valence-electron chi connectivity index (χ4n) is 2.93. The highest BCUT2D eigenvalue weighted by Crippen LogP contribution is 2.26. The van der Waals surface area contributed by atoms with Gasteiger partial charge < -0.3 is 10.0 Å². The standard InChI is InChI=1S/C15H22N2O5S2/c1-11(13-4-3-9-23-13)15(20)17(10-14(18)19)12-5-7-16(8-6-12)24(2,21)22/h3-4,9,11-12H,5-8,10H2,1-2H3,(H,18,19). The Kier molecular flexibility index (Phi) is 6.00. The van der Waals surface area contributed by atoms with E-state index in [1.807, 2.05) is 17.5 Å². The van der Waals surface area contributed by atoms with Crippen LogP contribution in [0.4, 0.5) is 0 Å². The summed E-state index contributed by atoms with van der Waals surface area (Å²) in [5.74, 6) is -1.69. The van der Waals surface area contributed by atoms with Gasteiger partial charge >= 0.3 is 5.97 Å². The molecule has 1 saturated heterocycles. The van der Waals surface area contributed by atoms with Gasteiger partial charge in [0.25, 0.3) is 0 Å². The molecule has 1 unspecified atom stereocenters. The minimum Gasteiger partial charge on any atom is -0.480 e. The maximum atomic E-state index is 12.8. The predicted octanol–water partition coefficient (Wildman–Crippen LogP) is 1.19. The fourth-order valence-corrected chi connectivity index (χ4v) is 4.58. The number of thiophene rings is 1. The van der Waals surface area contributed by atoms with Crippen molar-refractivity contribution in [3.63, 3.8) is 0 Å². The summed E-state index contributed by atoms with van der Waals surface area (Å²) in [6.07, 6.45) is 2.05. The molecule has 1 N–H and O–H groups in total. The van der Waals surface area contributed by atoms with Gasteiger partial charge in [-0.3, -0.25) is 9.59 Å². The maximum absolute atomic E-state index is 12.8. The van der Waals surface area contributed by atoms with Crippen LogP contribution in [0.1, 0.15) is 30.6 Å². The van der Waals surface area contributed by atoms with Crippen LogP contribution in [-0.4, -0.2) is 66.5 Å². The number of carboxylic acid groups (broad SMARTS) is 1. The highest BCUT2D eigenvalue weighted by molar-refractivity contribution is 7.88. The van der Waals surface area contributed by atoms with E-state index in [-0.39, 0.29) is 18.5 Å². The van der Waals surface area contributed by atoms with Crippen LogP contribution in [0.5, 0.6) is 0 Å². The highest BCUT2D eigenvalue weighted by Gasteiger charge is 2.34. The molecule has 1 aliphatic rings. The molecule has 0 aromatic carbocycles. The van der Waals surface area contributed by atoms with E-state index < -0.39 is 21.9 Å². The molecule has 24 heavy (non-hydrogen) atoms. The molecule has 1 atom stereocenters. The minimum atomic E-state index is -3.25. The van der Waals surface area contributed by atoms with Crippen molar-refractivity contribution in [1.29, 1.82) is 0 Å². The van der Waals surface area contributed by atoms with Crippen LogP contribution in [0.15, 0.2) is 17.5 Å². The molecule has 9 heteroatoms. The van der Waals surface area contributed by atoms with Crippen LogP contribution in [0.3, 0.4) is 0 Å². The molecule has 7 nitrogen and oxygen atoms in total. The normalized spacial score (nSPS) is 18.2. The maximum Gasteiger partial charge on any atom is 0.323 e. The number of hydrogen-bond donors (Lipinski definition) is 1. The number of hydrogen-bond acceptors (Lipinski definition) is 5. The summed E-state index contributed by atoms with van der Waals surface area (Å²) in [6.45, 7) is 2.02. The molecule has 1 aromatic heterocycles. The first-order valence-corrected chi connectivity index (χ1v) is 10.4. The average molecular weight is 374 g/mol. The molecule has 1 aliphatic heterocycles. The second kappa shape index (κ2) is 7.62. The third kappa shape index (κ3) is 4.55. The number of aliphatic carboxylic acids is 1. The van der Waals surface area contributed by atoms with Crippen LogP contribution >= 0.6 is 11.3 Å². The number of nitrogens with zero attached hydrogens (tertiary/aromatic N) is 2. The molecule has 0 spiro atoms. The summed E-state index contributed by atoms with van der Waals surface area (Å²) in [7, 11) is -3.25. The Morgan fingerprint density at radius 1 is 1.42 bits per heavy atom. The van der Waals surface area contributed by atoms with Crippen LogP contribution in [0.25, 0.3) is 0 Å². The van der Waals surface area contributed by atoms with Crippen molar-refractivity contribution < 1.29 is 23.1 Å². The molecule has 1 aromatic rings. The van der Waals surface area contributed by atoms with Crippen molar-refractivity contribution in [1.82, 2.24) is 9.21 Å². The van der Waals surface area contributed by atoms with E-state index in [1.54, 1.807) is 6.92 Å². The van der Waals surface area contributed by atoms with Crippen molar-refractivity contribution in [2.24, 2.45) is 0 Å². The van der Waals surface area contributed by atoms with Gasteiger partial charge in [0.1, 0.15) is 6.54 Å². The van der Waals surface area contributed by atoms with Gasteiger partial charge in [0.2, 0.25) is 15.9 Å². The summed E-state index contributed by atoms with van der Waals surface area (Å²) in [4.78, 5) is 26.3. The van der Waals surface area contributed by atoms with E-state index in [0.29, 0.717) is 25.9 Å². The lowest BCUT2D eigenvalue weighted by Crippen LogP contribution is -2.51. The Hall–Kier alpha value is -1.45. The number of piperidine rings is 1. The number of carboxylic acids is 1. The number of amides is 1.